The first-order valence-corrected chi connectivity index (χ1v) is 10.2. The van der Waals surface area contributed by atoms with Crippen LogP contribution in [-0.4, -0.2) is 15.5 Å². The smallest absolute Gasteiger partial charge is 0.201 e. The number of nitrogens with zero attached hydrogens (tertiary/aromatic N) is 1. The summed E-state index contributed by atoms with van der Waals surface area (Å²) in [5.41, 5.74) is 6.33. The highest BCUT2D eigenvalue weighted by atomic mass is 16.3. The number of ketones is 1. The maximum Gasteiger partial charge on any atom is 0.201 e. The van der Waals surface area contributed by atoms with Gasteiger partial charge in [0.15, 0.2) is 0 Å². The molecule has 0 aliphatic heterocycles. The predicted molar refractivity (Wildman–Crippen MR) is 124 cm³/mol. The third-order valence-electron chi connectivity index (χ3n) is 6.55. The molecule has 0 spiro atoms. The van der Waals surface area contributed by atoms with Gasteiger partial charge in [-0.05, 0) is 42.7 Å². The summed E-state index contributed by atoms with van der Waals surface area (Å²) < 4.78 is 2.06. The number of aryl methyl sites for hydroxylation is 2. The quantitative estimate of drug-likeness (QED) is 0.540. The molecule has 0 saturated heterocycles. The topological polar surface area (TPSA) is 42.2 Å². The van der Waals surface area contributed by atoms with E-state index in [0.717, 1.165) is 33.3 Å². The number of carbonyl (C=O) groups excluding carboxylic acids is 1. The van der Waals surface area contributed by atoms with Crippen molar-refractivity contribution in [1.82, 2.24) is 4.57 Å². The Morgan fingerprint density at radius 2 is 1.70 bits per heavy atom. The van der Waals surface area contributed by atoms with Crippen LogP contribution in [0, 0.1) is 13.8 Å². The molecule has 0 amide bonds. The minimum Gasteiger partial charge on any atom is -0.506 e. The van der Waals surface area contributed by atoms with E-state index in [1.165, 1.54) is 5.56 Å². The highest BCUT2D eigenvalue weighted by Crippen LogP contribution is 2.43. The lowest BCUT2D eigenvalue weighted by Crippen LogP contribution is -2.25. The predicted octanol–water partition coefficient (Wildman–Crippen LogP) is 6.11. The molecule has 2 aromatic carbocycles. The first-order valence-electron chi connectivity index (χ1n) is 10.2. The van der Waals surface area contributed by atoms with Crippen molar-refractivity contribution in [1.29, 1.82) is 0 Å². The molecule has 0 fully saturated rings. The number of carbonyl (C=O) groups is 1. The van der Waals surface area contributed by atoms with Crippen molar-refractivity contribution >= 4 is 22.3 Å². The van der Waals surface area contributed by atoms with Crippen molar-refractivity contribution in [3.05, 3.63) is 100 Å². The Morgan fingerprint density at radius 1 is 1.07 bits per heavy atom. The van der Waals surface area contributed by atoms with Gasteiger partial charge < -0.3 is 9.67 Å². The van der Waals surface area contributed by atoms with Gasteiger partial charge in [-0.15, -0.1) is 0 Å². The summed E-state index contributed by atoms with van der Waals surface area (Å²) in [5, 5.41) is 11.8. The van der Waals surface area contributed by atoms with E-state index in [1.54, 1.807) is 6.08 Å². The molecule has 0 bridgehead atoms. The molecule has 3 heteroatoms. The van der Waals surface area contributed by atoms with Crippen LogP contribution in [0.2, 0.25) is 0 Å². The second-order valence-corrected chi connectivity index (χ2v) is 8.61. The number of Topliss-reactive ketones (excluding diaryl/α,β-unsaturated/α-hetero) is 1. The highest BCUT2D eigenvalue weighted by Gasteiger charge is 2.38. The van der Waals surface area contributed by atoms with Gasteiger partial charge in [-0.25, -0.2) is 0 Å². The third kappa shape index (κ3) is 2.77. The summed E-state index contributed by atoms with van der Waals surface area (Å²) in [6.45, 7) is 12.5. The molecule has 1 aliphatic rings. The molecule has 0 radical (unpaired) electrons. The number of para-hydroxylation sites is 1. The molecular weight excluding hydrogens is 370 g/mol. The summed E-state index contributed by atoms with van der Waals surface area (Å²) in [7, 11) is 1.98. The fourth-order valence-electron chi connectivity index (χ4n) is 4.43. The molecule has 3 nitrogen and oxygen atoms in total. The van der Waals surface area contributed by atoms with Gasteiger partial charge in [0, 0.05) is 34.6 Å². The van der Waals surface area contributed by atoms with Gasteiger partial charge in [0.25, 0.3) is 0 Å². The molecule has 1 heterocycles. The molecule has 0 saturated carbocycles. The minimum atomic E-state index is -0.357. The van der Waals surface area contributed by atoms with E-state index < -0.39 is 0 Å². The van der Waals surface area contributed by atoms with Gasteiger partial charge in [-0.1, -0.05) is 62.9 Å². The lowest BCUT2D eigenvalue weighted by Gasteiger charge is -2.30. The number of fused-ring (bicyclic) bond motifs is 1. The van der Waals surface area contributed by atoms with E-state index in [9.17, 15) is 9.90 Å². The van der Waals surface area contributed by atoms with E-state index in [0.29, 0.717) is 11.1 Å². The van der Waals surface area contributed by atoms with Gasteiger partial charge in [-0.2, -0.15) is 0 Å². The Labute approximate surface area is 177 Å². The number of hydrogen-bond donors (Lipinski definition) is 1. The standard InChI is InChI=1S/C27H27NO2/c1-16-11-7-9-13-21(16)27(4,5)17(2)15-20-25(29)24(26(20)30)23-18(3)28(6)22-14-10-8-12-19(22)23/h7-15,29H,2H2,1,3-6H3/b20-15-. The van der Waals surface area contributed by atoms with Crippen LogP contribution in [0.3, 0.4) is 0 Å². The average molecular weight is 398 g/mol. The van der Waals surface area contributed by atoms with Crippen molar-refractivity contribution in [2.75, 3.05) is 0 Å². The molecule has 1 N–H and O–H groups in total. The fourth-order valence-corrected chi connectivity index (χ4v) is 4.43. The number of aliphatic hydroxyl groups excluding tert-OH is 1. The summed E-state index contributed by atoms with van der Waals surface area (Å²) >= 11 is 0. The number of aromatic nitrogens is 1. The fraction of sp³-hybridized carbons (Fsp3) is 0.222. The number of aliphatic hydroxyl groups is 1. The second-order valence-electron chi connectivity index (χ2n) is 8.61. The van der Waals surface area contributed by atoms with E-state index >= 15 is 0 Å². The lowest BCUT2D eigenvalue weighted by atomic mass is 9.74. The van der Waals surface area contributed by atoms with Crippen molar-refractivity contribution in [3.63, 3.8) is 0 Å². The molecule has 0 unspecified atom stereocenters. The number of rotatable bonds is 4. The van der Waals surface area contributed by atoms with Crippen molar-refractivity contribution in [2.45, 2.75) is 33.1 Å². The molecule has 4 rings (SSSR count). The summed E-state index contributed by atoms with van der Waals surface area (Å²) in [4.78, 5) is 13.1. The van der Waals surface area contributed by atoms with E-state index in [2.05, 4.69) is 44.0 Å². The van der Waals surface area contributed by atoms with Crippen LogP contribution in [0.1, 0.15) is 36.2 Å². The van der Waals surface area contributed by atoms with Gasteiger partial charge in [0.05, 0.1) is 11.1 Å². The van der Waals surface area contributed by atoms with Crippen LogP contribution < -0.4 is 0 Å². The van der Waals surface area contributed by atoms with E-state index in [-0.39, 0.29) is 17.0 Å². The molecule has 1 aromatic heterocycles. The monoisotopic (exact) mass is 397 g/mol. The van der Waals surface area contributed by atoms with E-state index in [4.69, 9.17) is 0 Å². The number of hydrogen-bond acceptors (Lipinski definition) is 2. The maximum atomic E-state index is 13.1. The van der Waals surface area contributed by atoms with Gasteiger partial charge in [-0.3, -0.25) is 4.79 Å². The third-order valence-corrected chi connectivity index (χ3v) is 6.55. The zero-order chi connectivity index (χ0) is 21.8. The van der Waals surface area contributed by atoms with Crippen LogP contribution in [-0.2, 0) is 17.3 Å². The Morgan fingerprint density at radius 3 is 2.37 bits per heavy atom. The zero-order valence-electron chi connectivity index (χ0n) is 18.2. The van der Waals surface area contributed by atoms with Gasteiger partial charge in [0.1, 0.15) is 5.76 Å². The number of benzene rings is 2. The molecule has 152 valence electrons. The normalized spacial score (nSPS) is 15.8. The second kappa shape index (κ2) is 6.88. The van der Waals surface area contributed by atoms with Crippen molar-refractivity contribution in [3.8, 4) is 0 Å². The molecular formula is C27H27NO2. The Balaban J connectivity index is 1.77. The van der Waals surface area contributed by atoms with Crippen LogP contribution in [0.4, 0.5) is 0 Å². The first-order chi connectivity index (χ1) is 14.2. The zero-order valence-corrected chi connectivity index (χ0v) is 18.2. The average Bonchev–Trinajstić information content (AvgIpc) is 2.97. The SMILES string of the molecule is C=C(/C=C1\C(=O)C(c2c(C)n(C)c3ccccc23)=C1O)C(C)(C)c1ccccc1C. The number of allylic oxidation sites excluding steroid dienone is 4. The largest absolute Gasteiger partial charge is 0.506 e. The first kappa shape index (κ1) is 20.0. The molecule has 0 atom stereocenters. The minimum absolute atomic E-state index is 0.0567. The van der Waals surface area contributed by atoms with Crippen LogP contribution in [0.15, 0.2) is 78.1 Å². The summed E-state index contributed by atoms with van der Waals surface area (Å²) in [6.07, 6.45) is 1.74. The Bertz CT molecular complexity index is 1280. The Kier molecular flexibility index (Phi) is 4.58. The summed E-state index contributed by atoms with van der Waals surface area (Å²) in [6, 6.07) is 16.1. The van der Waals surface area contributed by atoms with E-state index in [1.807, 2.05) is 50.4 Å². The lowest BCUT2D eigenvalue weighted by molar-refractivity contribution is -0.111. The van der Waals surface area contributed by atoms with Crippen LogP contribution in [0.5, 0.6) is 0 Å². The maximum absolute atomic E-state index is 13.1. The van der Waals surface area contributed by atoms with Gasteiger partial charge in [0.2, 0.25) is 5.78 Å². The molecule has 30 heavy (non-hydrogen) atoms. The van der Waals surface area contributed by atoms with Gasteiger partial charge >= 0.3 is 0 Å². The Hall–Kier alpha value is -3.33. The van der Waals surface area contributed by atoms with Crippen LogP contribution >= 0.6 is 0 Å². The van der Waals surface area contributed by atoms with Crippen LogP contribution in [0.25, 0.3) is 16.5 Å². The summed E-state index contributed by atoms with van der Waals surface area (Å²) in [5.74, 6) is -0.0742. The van der Waals surface area contributed by atoms with Crippen molar-refractivity contribution < 1.29 is 9.90 Å². The molecule has 3 aromatic rings. The van der Waals surface area contributed by atoms with Crippen molar-refractivity contribution in [2.24, 2.45) is 7.05 Å². The highest BCUT2D eigenvalue weighted by molar-refractivity contribution is 6.40. The molecule has 1 aliphatic carbocycles.